The van der Waals surface area contributed by atoms with E-state index in [1.807, 2.05) is 30.3 Å². The summed E-state index contributed by atoms with van der Waals surface area (Å²) in [4.78, 5) is 11.5. The zero-order valence-electron chi connectivity index (χ0n) is 7.27. The van der Waals surface area contributed by atoms with Gasteiger partial charge in [-0.3, -0.25) is 4.79 Å². The molecule has 13 heavy (non-hydrogen) atoms. The number of para-hydroxylation sites is 1. The Balaban J connectivity index is 2.80. The van der Waals surface area contributed by atoms with Crippen LogP contribution in [0, 0.1) is 0 Å². The second-order valence-corrected chi connectivity index (χ2v) is 2.58. The number of benzene rings is 1. The molecule has 0 radical (unpaired) electrons. The highest BCUT2D eigenvalue weighted by Crippen LogP contribution is 2.12. The van der Waals surface area contributed by atoms with E-state index in [2.05, 4.69) is 0 Å². The maximum absolute atomic E-state index is 12.5. The molecule has 0 unspecified atom stereocenters. The molecule has 0 atom stereocenters. The van der Waals surface area contributed by atoms with Crippen molar-refractivity contribution in [2.45, 2.75) is 0 Å². The van der Waals surface area contributed by atoms with Crippen LogP contribution >= 0.6 is 0 Å². The monoisotopic (exact) mass is 179 g/mol. The number of hydrogen-bond donors (Lipinski definition) is 0. The first-order chi connectivity index (χ1) is 6.24. The summed E-state index contributed by atoms with van der Waals surface area (Å²) < 4.78 is 12.5. The van der Waals surface area contributed by atoms with E-state index in [9.17, 15) is 9.18 Å². The Hall–Kier alpha value is -1.64. The molecule has 1 aromatic rings. The first kappa shape index (κ1) is 9.45. The fourth-order valence-corrected chi connectivity index (χ4v) is 0.953. The van der Waals surface area contributed by atoms with Crippen LogP contribution in [0.1, 0.15) is 0 Å². The highest BCUT2D eigenvalue weighted by Gasteiger charge is 1.97. The molecule has 2 nitrogen and oxygen atoms in total. The lowest BCUT2D eigenvalue weighted by atomic mass is 10.3. The average molecular weight is 179 g/mol. The summed E-state index contributed by atoms with van der Waals surface area (Å²) in [6, 6.07) is 9.22. The predicted octanol–water partition coefficient (Wildman–Crippen LogP) is 2.13. The van der Waals surface area contributed by atoms with Crippen LogP contribution in [0.25, 0.3) is 0 Å². The third kappa shape index (κ3) is 2.71. The minimum atomic E-state index is -0.786. The van der Waals surface area contributed by atoms with Gasteiger partial charge in [0.25, 0.3) is 0 Å². The van der Waals surface area contributed by atoms with Gasteiger partial charge in [-0.2, -0.15) is 0 Å². The summed E-state index contributed by atoms with van der Waals surface area (Å²) in [5.41, 5.74) is 0.833. The van der Waals surface area contributed by atoms with Gasteiger partial charge in [0, 0.05) is 18.9 Å². The lowest BCUT2D eigenvalue weighted by molar-refractivity contribution is -0.106. The molecular weight excluding hydrogens is 169 g/mol. The van der Waals surface area contributed by atoms with Crippen molar-refractivity contribution in [1.29, 1.82) is 0 Å². The first-order valence-corrected chi connectivity index (χ1v) is 3.84. The second kappa shape index (κ2) is 4.40. The second-order valence-electron chi connectivity index (χ2n) is 2.58. The number of carbonyl (C=O) groups is 1. The molecule has 1 rings (SSSR count). The van der Waals surface area contributed by atoms with E-state index in [1.165, 1.54) is 0 Å². The van der Waals surface area contributed by atoms with Crippen molar-refractivity contribution in [1.82, 2.24) is 0 Å². The summed E-state index contributed by atoms with van der Waals surface area (Å²) in [5.74, 6) is -0.786. The standard InChI is InChI=1S/C10H10FNO/c1-12(7-9(11)8-13)10-5-3-2-4-6-10/h2-8H,1H3/b9-7-. The number of rotatable bonds is 3. The van der Waals surface area contributed by atoms with Crippen molar-refractivity contribution in [3.63, 3.8) is 0 Å². The fourth-order valence-electron chi connectivity index (χ4n) is 0.953. The molecular formula is C10H10FNO. The van der Waals surface area contributed by atoms with Gasteiger partial charge in [0.05, 0.1) is 0 Å². The maximum atomic E-state index is 12.5. The average Bonchev–Trinajstić information content (AvgIpc) is 2.19. The highest BCUT2D eigenvalue weighted by molar-refractivity contribution is 5.71. The summed E-state index contributed by atoms with van der Waals surface area (Å²) in [6.07, 6.45) is 1.32. The van der Waals surface area contributed by atoms with Crippen molar-refractivity contribution in [2.24, 2.45) is 0 Å². The van der Waals surface area contributed by atoms with Gasteiger partial charge < -0.3 is 4.90 Å². The van der Waals surface area contributed by atoms with Crippen molar-refractivity contribution >= 4 is 12.0 Å². The van der Waals surface area contributed by atoms with Crippen molar-refractivity contribution in [3.8, 4) is 0 Å². The number of nitrogens with zero attached hydrogens (tertiary/aromatic N) is 1. The Bertz CT molecular complexity index is 308. The van der Waals surface area contributed by atoms with Gasteiger partial charge in [0.15, 0.2) is 12.1 Å². The van der Waals surface area contributed by atoms with Gasteiger partial charge >= 0.3 is 0 Å². The SMILES string of the molecule is CN(/C=C(\F)C=O)c1ccccc1. The van der Waals surface area contributed by atoms with Gasteiger partial charge in [-0.15, -0.1) is 0 Å². The molecule has 0 N–H and O–H groups in total. The summed E-state index contributed by atoms with van der Waals surface area (Å²) >= 11 is 0. The van der Waals surface area contributed by atoms with Crippen LogP contribution in [-0.2, 0) is 4.79 Å². The van der Waals surface area contributed by atoms with Crippen LogP contribution in [0.15, 0.2) is 42.4 Å². The first-order valence-electron chi connectivity index (χ1n) is 3.84. The van der Waals surface area contributed by atoms with Crippen LogP contribution in [0.3, 0.4) is 0 Å². The molecule has 0 amide bonds. The van der Waals surface area contributed by atoms with E-state index in [4.69, 9.17) is 0 Å². The molecule has 0 fully saturated rings. The number of anilines is 1. The molecule has 68 valence electrons. The molecule has 0 heterocycles. The lowest BCUT2D eigenvalue weighted by Crippen LogP contribution is -2.08. The molecule has 0 saturated heterocycles. The van der Waals surface area contributed by atoms with Gasteiger partial charge in [0.1, 0.15) is 0 Å². The van der Waals surface area contributed by atoms with Crippen LogP contribution < -0.4 is 4.90 Å². The molecule has 0 bridgehead atoms. The van der Waals surface area contributed by atoms with E-state index in [0.29, 0.717) is 0 Å². The largest absolute Gasteiger partial charge is 0.348 e. The molecule has 0 aliphatic rings. The van der Waals surface area contributed by atoms with Crippen LogP contribution in [-0.4, -0.2) is 13.3 Å². The van der Waals surface area contributed by atoms with E-state index in [0.717, 1.165) is 11.9 Å². The van der Waals surface area contributed by atoms with Gasteiger partial charge in [-0.25, -0.2) is 4.39 Å². The Kier molecular flexibility index (Phi) is 3.20. The maximum Gasteiger partial charge on any atom is 0.179 e. The lowest BCUT2D eigenvalue weighted by Gasteiger charge is -2.12. The molecule has 0 aliphatic heterocycles. The molecule has 0 spiro atoms. The van der Waals surface area contributed by atoms with Crippen molar-refractivity contribution < 1.29 is 9.18 Å². The number of hydrogen-bond acceptors (Lipinski definition) is 2. The number of halogens is 1. The van der Waals surface area contributed by atoms with Crippen molar-refractivity contribution in [3.05, 3.63) is 42.4 Å². The third-order valence-electron chi connectivity index (χ3n) is 1.59. The fraction of sp³-hybridized carbons (Fsp3) is 0.100. The van der Waals surface area contributed by atoms with E-state index in [1.54, 1.807) is 11.9 Å². The van der Waals surface area contributed by atoms with Gasteiger partial charge in [-0.05, 0) is 12.1 Å². The zero-order chi connectivity index (χ0) is 9.68. The smallest absolute Gasteiger partial charge is 0.179 e. The Morgan fingerprint density at radius 3 is 2.54 bits per heavy atom. The quantitative estimate of drug-likeness (QED) is 0.523. The highest BCUT2D eigenvalue weighted by atomic mass is 19.1. The molecule has 3 heteroatoms. The summed E-state index contributed by atoms with van der Waals surface area (Å²) in [5, 5.41) is 0. The van der Waals surface area contributed by atoms with E-state index >= 15 is 0 Å². The molecule has 0 aromatic heterocycles. The topological polar surface area (TPSA) is 20.3 Å². The van der Waals surface area contributed by atoms with Crippen LogP contribution in [0.5, 0.6) is 0 Å². The van der Waals surface area contributed by atoms with Gasteiger partial charge in [-0.1, -0.05) is 18.2 Å². The minimum Gasteiger partial charge on any atom is -0.348 e. The van der Waals surface area contributed by atoms with Gasteiger partial charge in [0.2, 0.25) is 0 Å². The molecule has 1 aromatic carbocycles. The Morgan fingerprint density at radius 1 is 1.38 bits per heavy atom. The molecule has 0 aliphatic carbocycles. The summed E-state index contributed by atoms with van der Waals surface area (Å²) in [6.45, 7) is 0. The Labute approximate surface area is 76.3 Å². The number of allylic oxidation sites excluding steroid dienone is 1. The van der Waals surface area contributed by atoms with Crippen molar-refractivity contribution in [2.75, 3.05) is 11.9 Å². The Morgan fingerprint density at radius 2 is 2.00 bits per heavy atom. The predicted molar refractivity (Wildman–Crippen MR) is 50.1 cm³/mol. The van der Waals surface area contributed by atoms with Crippen LogP contribution in [0.4, 0.5) is 10.1 Å². The summed E-state index contributed by atoms with van der Waals surface area (Å²) in [7, 11) is 1.68. The number of aldehydes is 1. The molecule has 0 saturated carbocycles. The minimum absolute atomic E-state index is 0.180. The zero-order valence-corrected chi connectivity index (χ0v) is 7.27. The van der Waals surface area contributed by atoms with E-state index < -0.39 is 5.83 Å². The third-order valence-corrected chi connectivity index (χ3v) is 1.59. The normalized spacial score (nSPS) is 11.1. The van der Waals surface area contributed by atoms with E-state index in [-0.39, 0.29) is 6.29 Å². The number of carbonyl (C=O) groups excluding carboxylic acids is 1. The van der Waals surface area contributed by atoms with Crippen LogP contribution in [0.2, 0.25) is 0 Å².